The molecular formula is C13H16BrFN2O. The maximum absolute atomic E-state index is 12.9. The second kappa shape index (κ2) is 5.80. The highest BCUT2D eigenvalue weighted by Crippen LogP contribution is 2.27. The summed E-state index contributed by atoms with van der Waals surface area (Å²) < 4.78 is 13.5. The Balaban J connectivity index is 2.06. The zero-order chi connectivity index (χ0) is 13.1. The fraction of sp³-hybridized carbons (Fsp3) is 0.462. The molecular weight excluding hydrogens is 299 g/mol. The Morgan fingerprint density at radius 1 is 1.39 bits per heavy atom. The molecule has 1 aromatic rings. The lowest BCUT2D eigenvalue weighted by atomic mass is 9.84. The summed E-state index contributed by atoms with van der Waals surface area (Å²) in [6.45, 7) is 0. The van der Waals surface area contributed by atoms with Crippen LogP contribution in [0.5, 0.6) is 0 Å². The highest BCUT2D eigenvalue weighted by molar-refractivity contribution is 9.10. The molecule has 0 radical (unpaired) electrons. The summed E-state index contributed by atoms with van der Waals surface area (Å²) in [4.78, 5) is 12.1. The molecule has 0 heterocycles. The van der Waals surface area contributed by atoms with Gasteiger partial charge < -0.3 is 11.1 Å². The highest BCUT2D eigenvalue weighted by Gasteiger charge is 2.28. The van der Waals surface area contributed by atoms with Gasteiger partial charge in [0, 0.05) is 10.5 Å². The van der Waals surface area contributed by atoms with E-state index >= 15 is 0 Å². The van der Waals surface area contributed by atoms with Crippen LogP contribution in [0.2, 0.25) is 0 Å². The van der Waals surface area contributed by atoms with Crippen LogP contribution in [0.25, 0.3) is 0 Å². The highest BCUT2D eigenvalue weighted by atomic mass is 79.9. The third-order valence-electron chi connectivity index (χ3n) is 3.35. The number of amides is 1. The van der Waals surface area contributed by atoms with Gasteiger partial charge >= 0.3 is 0 Å². The molecule has 1 aromatic carbocycles. The van der Waals surface area contributed by atoms with Gasteiger partial charge in [-0.2, -0.15) is 0 Å². The molecule has 0 aromatic heterocycles. The average Bonchev–Trinajstić information content (AvgIpc) is 2.33. The first-order chi connectivity index (χ1) is 8.58. The van der Waals surface area contributed by atoms with E-state index in [1.54, 1.807) is 6.07 Å². The molecule has 0 spiro atoms. The van der Waals surface area contributed by atoms with E-state index < -0.39 is 0 Å². The van der Waals surface area contributed by atoms with E-state index in [4.69, 9.17) is 5.73 Å². The third-order valence-corrected chi connectivity index (χ3v) is 4.00. The standard InChI is InChI=1S/C13H16BrFN2O/c14-10-7-8(15)5-6-12(10)17-13(18)9-3-1-2-4-11(9)16/h5-7,9,11H,1-4,16H2,(H,17,18). The normalized spacial score (nSPS) is 23.7. The van der Waals surface area contributed by atoms with E-state index in [1.165, 1.54) is 12.1 Å². The van der Waals surface area contributed by atoms with Crippen LogP contribution in [0.4, 0.5) is 10.1 Å². The lowest BCUT2D eigenvalue weighted by molar-refractivity contribution is -0.121. The van der Waals surface area contributed by atoms with E-state index in [9.17, 15) is 9.18 Å². The fourth-order valence-corrected chi connectivity index (χ4v) is 2.75. The first-order valence-corrected chi connectivity index (χ1v) is 6.88. The summed E-state index contributed by atoms with van der Waals surface area (Å²) in [5.41, 5.74) is 6.55. The number of hydrogen-bond donors (Lipinski definition) is 2. The number of anilines is 1. The molecule has 2 unspecified atom stereocenters. The minimum absolute atomic E-state index is 0.0713. The first kappa shape index (κ1) is 13.5. The Morgan fingerprint density at radius 3 is 2.78 bits per heavy atom. The van der Waals surface area contributed by atoms with Crippen LogP contribution in [0.1, 0.15) is 25.7 Å². The molecule has 3 nitrogen and oxygen atoms in total. The molecule has 1 aliphatic rings. The van der Waals surface area contributed by atoms with Crippen molar-refractivity contribution in [3.63, 3.8) is 0 Å². The van der Waals surface area contributed by atoms with Gasteiger partial charge in [0.15, 0.2) is 0 Å². The Labute approximate surface area is 114 Å². The molecule has 2 rings (SSSR count). The molecule has 0 saturated heterocycles. The average molecular weight is 315 g/mol. The molecule has 1 saturated carbocycles. The van der Waals surface area contributed by atoms with Crippen molar-refractivity contribution >= 4 is 27.5 Å². The number of carbonyl (C=O) groups is 1. The summed E-state index contributed by atoms with van der Waals surface area (Å²) in [6.07, 6.45) is 3.84. The zero-order valence-electron chi connectivity index (χ0n) is 9.96. The van der Waals surface area contributed by atoms with Gasteiger partial charge in [-0.1, -0.05) is 12.8 Å². The van der Waals surface area contributed by atoms with E-state index in [0.717, 1.165) is 25.7 Å². The van der Waals surface area contributed by atoms with Crippen LogP contribution in [0.15, 0.2) is 22.7 Å². The van der Waals surface area contributed by atoms with Crippen molar-refractivity contribution in [2.75, 3.05) is 5.32 Å². The molecule has 1 fully saturated rings. The monoisotopic (exact) mass is 314 g/mol. The van der Waals surface area contributed by atoms with Crippen LogP contribution < -0.4 is 11.1 Å². The van der Waals surface area contributed by atoms with Gasteiger partial charge in [-0.25, -0.2) is 4.39 Å². The molecule has 1 aliphatic carbocycles. The topological polar surface area (TPSA) is 55.1 Å². The third kappa shape index (κ3) is 3.09. The zero-order valence-corrected chi connectivity index (χ0v) is 11.5. The fourth-order valence-electron chi connectivity index (χ4n) is 2.30. The molecule has 0 bridgehead atoms. The summed E-state index contributed by atoms with van der Waals surface area (Å²) >= 11 is 3.23. The Morgan fingerprint density at radius 2 is 2.11 bits per heavy atom. The Bertz CT molecular complexity index is 453. The van der Waals surface area contributed by atoms with Gasteiger partial charge in [0.05, 0.1) is 11.6 Å². The molecule has 5 heteroatoms. The van der Waals surface area contributed by atoms with Crippen molar-refractivity contribution < 1.29 is 9.18 Å². The molecule has 0 aliphatic heterocycles. The van der Waals surface area contributed by atoms with Crippen LogP contribution >= 0.6 is 15.9 Å². The van der Waals surface area contributed by atoms with Crippen molar-refractivity contribution in [3.8, 4) is 0 Å². The number of hydrogen-bond acceptors (Lipinski definition) is 2. The van der Waals surface area contributed by atoms with E-state index in [2.05, 4.69) is 21.2 Å². The van der Waals surface area contributed by atoms with E-state index in [-0.39, 0.29) is 23.7 Å². The lowest BCUT2D eigenvalue weighted by Gasteiger charge is -2.27. The second-order valence-electron chi connectivity index (χ2n) is 4.67. The van der Waals surface area contributed by atoms with Crippen LogP contribution in [0.3, 0.4) is 0 Å². The summed E-state index contributed by atoms with van der Waals surface area (Å²) in [6, 6.07) is 4.13. The minimum Gasteiger partial charge on any atom is -0.327 e. The van der Waals surface area contributed by atoms with Gasteiger partial charge in [-0.05, 0) is 47.0 Å². The van der Waals surface area contributed by atoms with E-state index in [0.29, 0.717) is 10.2 Å². The smallest absolute Gasteiger partial charge is 0.229 e. The molecule has 98 valence electrons. The second-order valence-corrected chi connectivity index (χ2v) is 5.52. The lowest BCUT2D eigenvalue weighted by Crippen LogP contribution is -2.40. The van der Waals surface area contributed by atoms with Crippen LogP contribution in [0, 0.1) is 11.7 Å². The van der Waals surface area contributed by atoms with Gasteiger partial charge in [0.1, 0.15) is 5.82 Å². The Kier molecular flexibility index (Phi) is 4.35. The summed E-state index contributed by atoms with van der Waals surface area (Å²) in [5.74, 6) is -0.556. The largest absolute Gasteiger partial charge is 0.327 e. The predicted molar refractivity (Wildman–Crippen MR) is 72.7 cm³/mol. The maximum Gasteiger partial charge on any atom is 0.229 e. The van der Waals surface area contributed by atoms with Crippen molar-refractivity contribution in [2.45, 2.75) is 31.7 Å². The predicted octanol–water partition coefficient (Wildman–Crippen LogP) is 3.04. The molecule has 18 heavy (non-hydrogen) atoms. The summed E-state index contributed by atoms with van der Waals surface area (Å²) in [5, 5.41) is 2.81. The number of nitrogens with two attached hydrogens (primary N) is 1. The van der Waals surface area contributed by atoms with Crippen LogP contribution in [-0.2, 0) is 4.79 Å². The number of rotatable bonds is 2. The summed E-state index contributed by atoms with van der Waals surface area (Å²) in [7, 11) is 0. The Hall–Kier alpha value is -0.940. The number of halogens is 2. The van der Waals surface area contributed by atoms with Gasteiger partial charge in [0.2, 0.25) is 5.91 Å². The quantitative estimate of drug-likeness (QED) is 0.881. The van der Waals surface area contributed by atoms with E-state index in [1.807, 2.05) is 0 Å². The number of benzene rings is 1. The molecule has 3 N–H and O–H groups in total. The van der Waals surface area contributed by atoms with Gasteiger partial charge in [-0.3, -0.25) is 4.79 Å². The van der Waals surface area contributed by atoms with Crippen molar-refractivity contribution in [1.82, 2.24) is 0 Å². The van der Waals surface area contributed by atoms with Crippen molar-refractivity contribution in [2.24, 2.45) is 11.7 Å². The van der Waals surface area contributed by atoms with Crippen LogP contribution in [-0.4, -0.2) is 11.9 Å². The minimum atomic E-state index is -0.339. The molecule has 2 atom stereocenters. The van der Waals surface area contributed by atoms with Gasteiger partial charge in [0.25, 0.3) is 0 Å². The van der Waals surface area contributed by atoms with Crippen molar-refractivity contribution in [1.29, 1.82) is 0 Å². The maximum atomic E-state index is 12.9. The first-order valence-electron chi connectivity index (χ1n) is 6.09. The molecule has 1 amide bonds. The number of nitrogens with one attached hydrogen (secondary N) is 1. The van der Waals surface area contributed by atoms with Crippen molar-refractivity contribution in [3.05, 3.63) is 28.5 Å². The SMILES string of the molecule is NC1CCCCC1C(=O)Nc1ccc(F)cc1Br. The number of carbonyl (C=O) groups excluding carboxylic acids is 1. The van der Waals surface area contributed by atoms with Gasteiger partial charge in [-0.15, -0.1) is 0 Å².